The molecule has 0 aromatic carbocycles. The van der Waals surface area contributed by atoms with Gasteiger partial charge in [-0.25, -0.2) is 0 Å². The molecule has 0 saturated heterocycles. The van der Waals surface area contributed by atoms with Crippen LogP contribution in [0.4, 0.5) is 13.2 Å². The largest absolute Gasteiger partial charge is 1.00 e. The summed E-state index contributed by atoms with van der Waals surface area (Å²) in [6.07, 6.45) is -5.60. The van der Waals surface area contributed by atoms with Crippen LogP contribution in [0.1, 0.15) is 14.3 Å². The molecule has 0 aliphatic heterocycles. The van der Waals surface area contributed by atoms with Crippen molar-refractivity contribution >= 4 is 7.12 Å². The summed E-state index contributed by atoms with van der Waals surface area (Å²) in [7, 11) is -1.62. The molecule has 0 rings (SSSR count). The van der Waals surface area contributed by atoms with E-state index in [2.05, 4.69) is 0 Å². The van der Waals surface area contributed by atoms with E-state index in [0.717, 1.165) is 0 Å². The summed E-state index contributed by atoms with van der Waals surface area (Å²) in [4.78, 5) is 0. The molecule has 0 aliphatic rings. The minimum atomic E-state index is -4.19. The van der Waals surface area contributed by atoms with Crippen molar-refractivity contribution in [2.75, 3.05) is 0 Å². The molecular weight excluding hydrogens is 187 g/mol. The summed E-state index contributed by atoms with van der Waals surface area (Å²) in [5.74, 6) is 0. The van der Waals surface area contributed by atoms with Crippen molar-refractivity contribution in [2.24, 2.45) is 0 Å². The molecule has 0 bridgehead atoms. The van der Waals surface area contributed by atoms with Gasteiger partial charge in [-0.1, -0.05) is 0 Å². The standard InChI is InChI=1S/C4H8BF3O2.K.H/c6-4(7,8)2-1-3-5(9)10;;/h9-10H,1-3H2;;/q;+1;-1. The molecule has 2 N–H and O–H groups in total. The van der Waals surface area contributed by atoms with Gasteiger partial charge in [0.15, 0.2) is 0 Å². The maximum Gasteiger partial charge on any atom is 1.00 e. The molecule has 0 amide bonds. The maximum absolute atomic E-state index is 11.3. The summed E-state index contributed by atoms with van der Waals surface area (Å²) in [5.41, 5.74) is 0. The van der Waals surface area contributed by atoms with Crippen LogP contribution >= 0.6 is 0 Å². The van der Waals surface area contributed by atoms with Crippen molar-refractivity contribution in [2.45, 2.75) is 25.3 Å². The molecule has 0 spiro atoms. The topological polar surface area (TPSA) is 40.5 Å². The van der Waals surface area contributed by atoms with Crippen LogP contribution in [-0.2, 0) is 0 Å². The van der Waals surface area contributed by atoms with E-state index in [0.29, 0.717) is 0 Å². The summed E-state index contributed by atoms with van der Waals surface area (Å²) in [5, 5.41) is 16.3. The first-order valence-electron chi connectivity index (χ1n) is 2.85. The Bertz CT molecular complexity index is 103. The first-order valence-corrected chi connectivity index (χ1v) is 2.85. The molecule has 11 heavy (non-hydrogen) atoms. The molecule has 0 heterocycles. The van der Waals surface area contributed by atoms with Gasteiger partial charge in [0.25, 0.3) is 0 Å². The third kappa shape index (κ3) is 14.3. The van der Waals surface area contributed by atoms with E-state index in [4.69, 9.17) is 10.0 Å². The number of rotatable bonds is 3. The zero-order chi connectivity index (χ0) is 8.20. The fourth-order valence-electron chi connectivity index (χ4n) is 0.485. The maximum atomic E-state index is 11.3. The summed E-state index contributed by atoms with van der Waals surface area (Å²) in [6, 6.07) is 0. The van der Waals surface area contributed by atoms with Gasteiger partial charge in [-0.05, 0) is 12.7 Å². The van der Waals surface area contributed by atoms with Crippen LogP contribution in [0.25, 0.3) is 0 Å². The Morgan fingerprint density at radius 2 is 1.73 bits per heavy atom. The SMILES string of the molecule is OB(O)CCCC(F)(F)F.[H-].[K+]. The summed E-state index contributed by atoms with van der Waals surface area (Å²) >= 11 is 0. The smallest absolute Gasteiger partial charge is 1.00 e. The van der Waals surface area contributed by atoms with Gasteiger partial charge < -0.3 is 11.5 Å². The predicted molar refractivity (Wildman–Crippen MR) is 31.4 cm³/mol. The Balaban J connectivity index is -0.000000405. The Morgan fingerprint density at radius 1 is 1.27 bits per heavy atom. The molecule has 7 heteroatoms. The molecule has 0 aliphatic carbocycles. The van der Waals surface area contributed by atoms with E-state index in [1.54, 1.807) is 0 Å². The van der Waals surface area contributed by atoms with Crippen LogP contribution in [0.5, 0.6) is 0 Å². The van der Waals surface area contributed by atoms with E-state index < -0.39 is 19.7 Å². The fraction of sp³-hybridized carbons (Fsp3) is 1.00. The number of halogens is 3. The average molecular weight is 196 g/mol. The van der Waals surface area contributed by atoms with Crippen molar-refractivity contribution in [3.63, 3.8) is 0 Å². The van der Waals surface area contributed by atoms with Crippen molar-refractivity contribution in [3.05, 3.63) is 0 Å². The molecule has 0 saturated carbocycles. The van der Waals surface area contributed by atoms with Gasteiger partial charge in [0.05, 0.1) is 0 Å². The van der Waals surface area contributed by atoms with Gasteiger partial charge in [0.1, 0.15) is 0 Å². The Kier molecular flexibility index (Phi) is 9.32. The molecule has 0 fully saturated rings. The molecule has 62 valence electrons. The third-order valence-corrected chi connectivity index (χ3v) is 0.923. The Labute approximate surface area is 107 Å². The van der Waals surface area contributed by atoms with Gasteiger partial charge in [0.2, 0.25) is 0 Å². The van der Waals surface area contributed by atoms with Gasteiger partial charge in [-0.3, -0.25) is 0 Å². The van der Waals surface area contributed by atoms with E-state index >= 15 is 0 Å². The monoisotopic (exact) mass is 196 g/mol. The van der Waals surface area contributed by atoms with E-state index in [1.807, 2.05) is 0 Å². The average Bonchev–Trinajstić information content (AvgIpc) is 1.59. The van der Waals surface area contributed by atoms with Gasteiger partial charge in [0, 0.05) is 6.42 Å². The van der Waals surface area contributed by atoms with Gasteiger partial charge in [-0.2, -0.15) is 13.2 Å². The second-order valence-corrected chi connectivity index (χ2v) is 1.99. The zero-order valence-electron chi connectivity index (χ0n) is 7.23. The second kappa shape index (κ2) is 6.88. The van der Waals surface area contributed by atoms with Crippen LogP contribution in [-0.4, -0.2) is 23.3 Å². The first-order chi connectivity index (χ1) is 4.42. The third-order valence-electron chi connectivity index (χ3n) is 0.923. The van der Waals surface area contributed by atoms with Crippen LogP contribution in [0.15, 0.2) is 0 Å². The van der Waals surface area contributed by atoms with Crippen molar-refractivity contribution < 1.29 is 76.0 Å². The van der Waals surface area contributed by atoms with E-state index in [-0.39, 0.29) is 65.6 Å². The zero-order valence-corrected chi connectivity index (χ0v) is 9.35. The van der Waals surface area contributed by atoms with Crippen molar-refractivity contribution in [1.82, 2.24) is 0 Å². The summed E-state index contributed by atoms with van der Waals surface area (Å²) < 4.78 is 34.0. The molecule has 2 nitrogen and oxygen atoms in total. The van der Waals surface area contributed by atoms with Crippen LogP contribution < -0.4 is 51.4 Å². The Hall–Kier alpha value is 1.41. The van der Waals surface area contributed by atoms with Crippen LogP contribution in [0, 0.1) is 0 Å². The van der Waals surface area contributed by atoms with Gasteiger partial charge in [-0.15, -0.1) is 0 Å². The minimum absolute atomic E-state index is 0. The fourth-order valence-corrected chi connectivity index (χ4v) is 0.485. The Morgan fingerprint density at radius 3 is 2.00 bits per heavy atom. The van der Waals surface area contributed by atoms with Gasteiger partial charge >= 0.3 is 64.7 Å². The normalized spacial score (nSPS) is 10.6. The molecular formula is C4H9BF3KO2. The summed E-state index contributed by atoms with van der Waals surface area (Å²) in [6.45, 7) is 0. The van der Waals surface area contributed by atoms with Crippen LogP contribution in [0.3, 0.4) is 0 Å². The minimum Gasteiger partial charge on any atom is -1.00 e. The first kappa shape index (κ1) is 14.9. The number of alkyl halides is 3. The number of hydrogen-bond donors (Lipinski definition) is 2. The quantitative estimate of drug-likeness (QED) is 0.508. The van der Waals surface area contributed by atoms with Crippen LogP contribution in [0.2, 0.25) is 6.32 Å². The molecule has 0 atom stereocenters. The number of hydrogen-bond acceptors (Lipinski definition) is 2. The van der Waals surface area contributed by atoms with Crippen molar-refractivity contribution in [1.29, 1.82) is 0 Å². The van der Waals surface area contributed by atoms with Crippen molar-refractivity contribution in [3.8, 4) is 0 Å². The molecule has 0 unspecified atom stereocenters. The van der Waals surface area contributed by atoms with E-state index in [1.165, 1.54) is 0 Å². The van der Waals surface area contributed by atoms with E-state index in [9.17, 15) is 13.2 Å². The predicted octanol–water partition coefficient (Wildman–Crippen LogP) is -2.08. The molecule has 0 aromatic rings. The second-order valence-electron chi connectivity index (χ2n) is 1.99. The molecule has 0 aromatic heterocycles. The molecule has 0 radical (unpaired) electrons.